The van der Waals surface area contributed by atoms with Crippen LogP contribution in [-0.4, -0.2) is 5.11 Å². The van der Waals surface area contributed by atoms with Crippen LogP contribution in [0.4, 0.5) is 11.4 Å². The van der Waals surface area contributed by atoms with Gasteiger partial charge in [0.15, 0.2) is 0 Å². The SMILES string of the molecule is CCc1ccc(O)c(N=Nc2cccc(Cl)c2C)c1. The molecule has 0 aliphatic heterocycles. The van der Waals surface area contributed by atoms with Crippen LogP contribution in [0.15, 0.2) is 46.6 Å². The Morgan fingerprint density at radius 1 is 1.11 bits per heavy atom. The minimum absolute atomic E-state index is 0.126. The van der Waals surface area contributed by atoms with Gasteiger partial charge in [0.1, 0.15) is 11.4 Å². The Morgan fingerprint density at radius 2 is 1.84 bits per heavy atom. The molecule has 0 aliphatic rings. The van der Waals surface area contributed by atoms with E-state index >= 15 is 0 Å². The van der Waals surface area contributed by atoms with Gasteiger partial charge < -0.3 is 5.11 Å². The fraction of sp³-hybridized carbons (Fsp3) is 0.200. The van der Waals surface area contributed by atoms with E-state index in [4.69, 9.17) is 11.6 Å². The van der Waals surface area contributed by atoms with Crippen molar-refractivity contribution in [1.82, 2.24) is 0 Å². The third-order valence-electron chi connectivity index (χ3n) is 2.95. The molecule has 0 saturated carbocycles. The average Bonchev–Trinajstić information content (AvgIpc) is 2.42. The zero-order chi connectivity index (χ0) is 13.8. The molecule has 0 heterocycles. The van der Waals surface area contributed by atoms with Crippen molar-refractivity contribution in [3.05, 3.63) is 52.5 Å². The fourth-order valence-electron chi connectivity index (χ4n) is 1.68. The highest BCUT2D eigenvalue weighted by Gasteiger charge is 2.03. The quantitative estimate of drug-likeness (QED) is 0.755. The largest absolute Gasteiger partial charge is 0.506 e. The lowest BCUT2D eigenvalue weighted by atomic mass is 10.1. The summed E-state index contributed by atoms with van der Waals surface area (Å²) in [4.78, 5) is 0. The first-order valence-electron chi connectivity index (χ1n) is 6.10. The average molecular weight is 275 g/mol. The number of halogens is 1. The summed E-state index contributed by atoms with van der Waals surface area (Å²) in [5.74, 6) is 0.126. The van der Waals surface area contributed by atoms with Gasteiger partial charge in [0.2, 0.25) is 0 Å². The monoisotopic (exact) mass is 274 g/mol. The van der Waals surface area contributed by atoms with Crippen LogP contribution in [0.25, 0.3) is 0 Å². The van der Waals surface area contributed by atoms with Crippen LogP contribution in [-0.2, 0) is 6.42 Å². The highest BCUT2D eigenvalue weighted by atomic mass is 35.5. The lowest BCUT2D eigenvalue weighted by Gasteiger charge is -2.03. The smallest absolute Gasteiger partial charge is 0.143 e. The molecule has 0 bridgehead atoms. The summed E-state index contributed by atoms with van der Waals surface area (Å²) in [5.41, 5.74) is 3.15. The Bertz CT molecular complexity index is 624. The molecule has 2 aromatic carbocycles. The molecule has 0 aromatic heterocycles. The molecule has 19 heavy (non-hydrogen) atoms. The van der Waals surface area contributed by atoms with Crippen LogP contribution < -0.4 is 0 Å². The van der Waals surface area contributed by atoms with Gasteiger partial charge in [0.25, 0.3) is 0 Å². The van der Waals surface area contributed by atoms with E-state index in [1.165, 1.54) is 0 Å². The molecule has 0 atom stereocenters. The van der Waals surface area contributed by atoms with Crippen molar-refractivity contribution in [2.75, 3.05) is 0 Å². The second kappa shape index (κ2) is 5.85. The van der Waals surface area contributed by atoms with Gasteiger partial charge in [-0.2, -0.15) is 5.11 Å². The number of benzene rings is 2. The van der Waals surface area contributed by atoms with Crippen molar-refractivity contribution in [1.29, 1.82) is 0 Å². The predicted molar refractivity (Wildman–Crippen MR) is 77.8 cm³/mol. The molecule has 0 spiro atoms. The second-order valence-electron chi connectivity index (χ2n) is 4.26. The van der Waals surface area contributed by atoms with Crippen LogP contribution in [0.5, 0.6) is 5.75 Å². The van der Waals surface area contributed by atoms with Crippen LogP contribution in [0.1, 0.15) is 18.1 Å². The number of hydrogen-bond donors (Lipinski definition) is 1. The van der Waals surface area contributed by atoms with Crippen molar-refractivity contribution in [3.8, 4) is 5.75 Å². The molecule has 2 rings (SSSR count). The summed E-state index contributed by atoms with van der Waals surface area (Å²) >= 11 is 6.02. The molecule has 0 amide bonds. The van der Waals surface area contributed by atoms with E-state index < -0.39 is 0 Å². The number of aromatic hydroxyl groups is 1. The number of phenols is 1. The van der Waals surface area contributed by atoms with Gasteiger partial charge in [-0.3, -0.25) is 0 Å². The molecule has 0 unspecified atom stereocenters. The van der Waals surface area contributed by atoms with E-state index in [-0.39, 0.29) is 5.75 Å². The lowest BCUT2D eigenvalue weighted by molar-refractivity contribution is 0.476. The van der Waals surface area contributed by atoms with Gasteiger partial charge in [-0.1, -0.05) is 30.7 Å². The van der Waals surface area contributed by atoms with Gasteiger partial charge in [0.05, 0.1) is 5.69 Å². The molecule has 0 radical (unpaired) electrons. The molecule has 0 aliphatic carbocycles. The summed E-state index contributed by atoms with van der Waals surface area (Å²) in [5, 5.41) is 18.7. The van der Waals surface area contributed by atoms with Crippen LogP contribution in [0, 0.1) is 6.92 Å². The Balaban J connectivity index is 2.35. The third-order valence-corrected chi connectivity index (χ3v) is 3.36. The van der Waals surface area contributed by atoms with E-state index in [0.29, 0.717) is 16.4 Å². The van der Waals surface area contributed by atoms with Gasteiger partial charge in [0, 0.05) is 5.02 Å². The van der Waals surface area contributed by atoms with Crippen molar-refractivity contribution in [2.24, 2.45) is 10.2 Å². The third kappa shape index (κ3) is 3.12. The highest BCUT2D eigenvalue weighted by molar-refractivity contribution is 6.31. The maximum absolute atomic E-state index is 9.75. The Morgan fingerprint density at radius 3 is 2.58 bits per heavy atom. The van der Waals surface area contributed by atoms with E-state index in [1.54, 1.807) is 6.07 Å². The predicted octanol–water partition coefficient (Wildman–Crippen LogP) is 5.33. The second-order valence-corrected chi connectivity index (χ2v) is 4.67. The van der Waals surface area contributed by atoms with Crippen molar-refractivity contribution in [3.63, 3.8) is 0 Å². The van der Waals surface area contributed by atoms with E-state index in [0.717, 1.165) is 17.5 Å². The van der Waals surface area contributed by atoms with Gasteiger partial charge in [-0.25, -0.2) is 0 Å². The summed E-state index contributed by atoms with van der Waals surface area (Å²) in [6.07, 6.45) is 0.888. The maximum atomic E-state index is 9.75. The van der Waals surface area contributed by atoms with Crippen molar-refractivity contribution in [2.45, 2.75) is 20.3 Å². The van der Waals surface area contributed by atoms with E-state index in [1.807, 2.05) is 37.3 Å². The fourth-order valence-corrected chi connectivity index (χ4v) is 1.85. The zero-order valence-corrected chi connectivity index (χ0v) is 11.6. The first-order chi connectivity index (χ1) is 9.11. The molecule has 3 nitrogen and oxygen atoms in total. The minimum Gasteiger partial charge on any atom is -0.506 e. The molecule has 0 saturated heterocycles. The maximum Gasteiger partial charge on any atom is 0.143 e. The molecular weight excluding hydrogens is 260 g/mol. The molecule has 1 N–H and O–H groups in total. The van der Waals surface area contributed by atoms with Crippen LogP contribution in [0.2, 0.25) is 5.02 Å². The van der Waals surface area contributed by atoms with E-state index in [2.05, 4.69) is 17.2 Å². The van der Waals surface area contributed by atoms with Crippen LogP contribution in [0.3, 0.4) is 0 Å². The Hall–Kier alpha value is -1.87. The summed E-state index contributed by atoms with van der Waals surface area (Å²) < 4.78 is 0. The van der Waals surface area contributed by atoms with Gasteiger partial charge in [-0.15, -0.1) is 5.11 Å². The number of aryl methyl sites for hydroxylation is 1. The molecule has 2 aromatic rings. The summed E-state index contributed by atoms with van der Waals surface area (Å²) in [7, 11) is 0. The number of rotatable bonds is 3. The normalized spacial score (nSPS) is 11.1. The number of phenolic OH excluding ortho intramolecular Hbond substituents is 1. The number of nitrogens with zero attached hydrogens (tertiary/aromatic N) is 2. The molecule has 98 valence electrons. The van der Waals surface area contributed by atoms with Gasteiger partial charge in [-0.05, 0) is 48.7 Å². The number of azo groups is 1. The molecule has 4 heteroatoms. The topological polar surface area (TPSA) is 45.0 Å². The van der Waals surface area contributed by atoms with E-state index in [9.17, 15) is 5.11 Å². The minimum atomic E-state index is 0.126. The standard InChI is InChI=1S/C15H15ClN2O/c1-3-11-7-8-15(19)14(9-11)18-17-13-6-4-5-12(16)10(13)2/h4-9,19H,3H2,1-2H3. The van der Waals surface area contributed by atoms with Crippen LogP contribution >= 0.6 is 11.6 Å². The first-order valence-corrected chi connectivity index (χ1v) is 6.48. The molecule has 0 fully saturated rings. The Kier molecular flexibility index (Phi) is 4.17. The Labute approximate surface area is 117 Å². The van der Waals surface area contributed by atoms with Crippen molar-refractivity contribution < 1.29 is 5.11 Å². The first kappa shape index (κ1) is 13.6. The van der Waals surface area contributed by atoms with Crippen molar-refractivity contribution >= 4 is 23.0 Å². The highest BCUT2D eigenvalue weighted by Crippen LogP contribution is 2.31. The summed E-state index contributed by atoms with van der Waals surface area (Å²) in [6.45, 7) is 3.94. The zero-order valence-electron chi connectivity index (χ0n) is 10.9. The molecular formula is C15H15ClN2O. The summed E-state index contributed by atoms with van der Waals surface area (Å²) in [6, 6.07) is 10.8. The van der Waals surface area contributed by atoms with Gasteiger partial charge >= 0.3 is 0 Å². The lowest BCUT2D eigenvalue weighted by Crippen LogP contribution is -1.79. The number of hydrogen-bond acceptors (Lipinski definition) is 3.